The summed E-state index contributed by atoms with van der Waals surface area (Å²) in [6.45, 7) is 0. The molecule has 0 unspecified atom stereocenters. The highest BCUT2D eigenvalue weighted by molar-refractivity contribution is 14.1. The number of hydrogen-bond donors (Lipinski definition) is 1. The molecular weight excluding hydrogens is 312 g/mol. The zero-order valence-electron chi connectivity index (χ0n) is 6.60. The van der Waals surface area contributed by atoms with Gasteiger partial charge in [0.15, 0.2) is 5.69 Å². The summed E-state index contributed by atoms with van der Waals surface area (Å²) in [6.07, 6.45) is -3.69. The number of amides is 1. The Balaban J connectivity index is 3.21. The number of carbonyl (C=O) groups excluding carboxylic acids is 1. The van der Waals surface area contributed by atoms with Gasteiger partial charge < -0.3 is 5.73 Å². The molecule has 3 nitrogen and oxygen atoms in total. The van der Waals surface area contributed by atoms with Gasteiger partial charge in [0.05, 0.1) is 5.56 Å². The maximum Gasteiger partial charge on any atom is 0.434 e. The third-order valence-electron chi connectivity index (χ3n) is 1.39. The highest BCUT2D eigenvalue weighted by Gasteiger charge is 2.35. The number of nitrogens with zero attached hydrogens (tertiary/aromatic N) is 1. The number of rotatable bonds is 1. The molecule has 0 spiro atoms. The topological polar surface area (TPSA) is 56.0 Å². The lowest BCUT2D eigenvalue weighted by atomic mass is 10.2. The van der Waals surface area contributed by atoms with Crippen LogP contribution in [0, 0.1) is 3.57 Å². The fourth-order valence-electron chi connectivity index (χ4n) is 0.781. The van der Waals surface area contributed by atoms with Crippen LogP contribution in [0.3, 0.4) is 0 Å². The second kappa shape index (κ2) is 3.71. The van der Waals surface area contributed by atoms with Crippen molar-refractivity contribution in [1.29, 1.82) is 0 Å². The minimum absolute atomic E-state index is 0.0394. The minimum Gasteiger partial charge on any atom is -0.366 e. The van der Waals surface area contributed by atoms with Crippen molar-refractivity contribution in [3.05, 3.63) is 27.1 Å². The maximum atomic E-state index is 12.2. The van der Waals surface area contributed by atoms with Crippen LogP contribution in [0.4, 0.5) is 13.2 Å². The van der Waals surface area contributed by atoms with Gasteiger partial charge in [0, 0.05) is 9.77 Å². The summed E-state index contributed by atoms with van der Waals surface area (Å²) in [5, 5.41) is 0. The molecule has 0 bridgehead atoms. The van der Waals surface area contributed by atoms with E-state index in [1.165, 1.54) is 22.6 Å². The monoisotopic (exact) mass is 316 g/mol. The summed E-state index contributed by atoms with van der Waals surface area (Å²) in [4.78, 5) is 13.7. The molecule has 0 radical (unpaired) electrons. The average Bonchev–Trinajstić information content (AvgIpc) is 2.01. The largest absolute Gasteiger partial charge is 0.434 e. The van der Waals surface area contributed by atoms with Gasteiger partial charge in [0.2, 0.25) is 5.91 Å². The highest BCUT2D eigenvalue weighted by Crippen LogP contribution is 2.31. The summed E-state index contributed by atoms with van der Waals surface area (Å²) in [5.41, 5.74) is 3.83. The molecule has 0 atom stereocenters. The van der Waals surface area contributed by atoms with Gasteiger partial charge >= 0.3 is 6.18 Å². The normalized spacial score (nSPS) is 11.4. The van der Waals surface area contributed by atoms with Crippen LogP contribution in [0.25, 0.3) is 0 Å². The molecule has 1 rings (SSSR count). The van der Waals surface area contributed by atoms with E-state index in [4.69, 9.17) is 5.73 Å². The Morgan fingerprint density at radius 2 is 2.07 bits per heavy atom. The zero-order chi connectivity index (χ0) is 10.9. The van der Waals surface area contributed by atoms with Gasteiger partial charge in [-0.05, 0) is 28.7 Å². The predicted octanol–water partition coefficient (Wildman–Crippen LogP) is 1.80. The first kappa shape index (κ1) is 11.2. The van der Waals surface area contributed by atoms with Gasteiger partial charge in [0.25, 0.3) is 0 Å². The number of aromatic nitrogens is 1. The molecule has 0 fully saturated rings. The van der Waals surface area contributed by atoms with Crippen LogP contribution >= 0.6 is 22.6 Å². The van der Waals surface area contributed by atoms with E-state index in [0.717, 1.165) is 12.3 Å². The van der Waals surface area contributed by atoms with Crippen LogP contribution in [-0.2, 0) is 6.18 Å². The van der Waals surface area contributed by atoms with Crippen molar-refractivity contribution in [2.24, 2.45) is 5.73 Å². The Hall–Kier alpha value is -0.860. The first-order valence-corrected chi connectivity index (χ1v) is 4.43. The Labute approximate surface area is 90.6 Å². The maximum absolute atomic E-state index is 12.2. The first-order chi connectivity index (χ1) is 6.32. The van der Waals surface area contributed by atoms with Gasteiger partial charge in [-0.25, -0.2) is 4.98 Å². The van der Waals surface area contributed by atoms with Crippen molar-refractivity contribution in [2.45, 2.75) is 6.18 Å². The summed E-state index contributed by atoms with van der Waals surface area (Å²) < 4.78 is 36.4. The second-order valence-electron chi connectivity index (χ2n) is 2.42. The molecule has 0 aromatic carbocycles. The molecule has 2 N–H and O–H groups in total. The SMILES string of the molecule is NC(=O)c1cnc(C(F)(F)F)c(I)c1. The zero-order valence-corrected chi connectivity index (χ0v) is 8.76. The number of hydrogen-bond acceptors (Lipinski definition) is 2. The molecule has 0 saturated heterocycles. The molecular formula is C7H4F3IN2O. The Morgan fingerprint density at radius 3 is 2.43 bits per heavy atom. The lowest BCUT2D eigenvalue weighted by Gasteiger charge is -2.07. The van der Waals surface area contributed by atoms with Gasteiger partial charge in [-0.2, -0.15) is 13.2 Å². The Morgan fingerprint density at radius 1 is 1.50 bits per heavy atom. The molecule has 76 valence electrons. The number of halogens is 4. The quantitative estimate of drug-likeness (QED) is 0.803. The predicted molar refractivity (Wildman–Crippen MR) is 50.5 cm³/mol. The molecule has 0 aliphatic rings. The molecule has 0 aliphatic carbocycles. The van der Waals surface area contributed by atoms with E-state index in [1.54, 1.807) is 0 Å². The van der Waals surface area contributed by atoms with Crippen molar-refractivity contribution in [3.8, 4) is 0 Å². The molecule has 7 heteroatoms. The number of alkyl halides is 3. The fourth-order valence-corrected chi connectivity index (χ4v) is 1.56. The lowest BCUT2D eigenvalue weighted by Crippen LogP contribution is -2.15. The van der Waals surface area contributed by atoms with Crippen LogP contribution in [-0.4, -0.2) is 10.9 Å². The van der Waals surface area contributed by atoms with E-state index in [9.17, 15) is 18.0 Å². The Kier molecular flexibility index (Phi) is 2.98. The van der Waals surface area contributed by atoms with Crippen LogP contribution in [0.15, 0.2) is 12.3 Å². The summed E-state index contributed by atoms with van der Waals surface area (Å²) in [7, 11) is 0. The fraction of sp³-hybridized carbons (Fsp3) is 0.143. The number of nitrogens with two attached hydrogens (primary N) is 1. The molecule has 14 heavy (non-hydrogen) atoms. The second-order valence-corrected chi connectivity index (χ2v) is 3.58. The molecule has 1 heterocycles. The number of pyridine rings is 1. The summed E-state index contributed by atoms with van der Waals surface area (Å²) in [5.74, 6) is -0.802. The van der Waals surface area contributed by atoms with E-state index < -0.39 is 17.8 Å². The minimum atomic E-state index is -4.51. The van der Waals surface area contributed by atoms with Crippen LogP contribution < -0.4 is 5.73 Å². The molecule has 1 aromatic heterocycles. The smallest absolute Gasteiger partial charge is 0.366 e. The van der Waals surface area contributed by atoms with Crippen molar-refractivity contribution in [3.63, 3.8) is 0 Å². The number of primary amides is 1. The van der Waals surface area contributed by atoms with E-state index in [-0.39, 0.29) is 9.13 Å². The molecule has 1 amide bonds. The first-order valence-electron chi connectivity index (χ1n) is 3.35. The standard InChI is InChI=1S/C7H4F3IN2O/c8-7(9,10)5-4(11)1-3(2-13-5)6(12)14/h1-2H,(H2,12,14). The third-order valence-corrected chi connectivity index (χ3v) is 2.22. The van der Waals surface area contributed by atoms with Crippen molar-refractivity contribution in [1.82, 2.24) is 4.98 Å². The van der Waals surface area contributed by atoms with E-state index in [0.29, 0.717) is 0 Å². The van der Waals surface area contributed by atoms with E-state index >= 15 is 0 Å². The van der Waals surface area contributed by atoms with E-state index in [1.807, 2.05) is 0 Å². The van der Waals surface area contributed by atoms with E-state index in [2.05, 4.69) is 4.98 Å². The Bertz CT molecular complexity index is 378. The van der Waals surface area contributed by atoms with Crippen molar-refractivity contribution < 1.29 is 18.0 Å². The molecule has 1 aromatic rings. The average molecular weight is 316 g/mol. The van der Waals surface area contributed by atoms with Crippen LogP contribution in [0.5, 0.6) is 0 Å². The highest BCUT2D eigenvalue weighted by atomic mass is 127. The van der Waals surface area contributed by atoms with Gasteiger partial charge in [-0.3, -0.25) is 4.79 Å². The molecule has 0 aliphatic heterocycles. The van der Waals surface area contributed by atoms with Crippen molar-refractivity contribution in [2.75, 3.05) is 0 Å². The van der Waals surface area contributed by atoms with Gasteiger partial charge in [0.1, 0.15) is 0 Å². The van der Waals surface area contributed by atoms with Crippen molar-refractivity contribution >= 4 is 28.5 Å². The van der Waals surface area contributed by atoms with Crippen LogP contribution in [0.2, 0.25) is 0 Å². The summed E-state index contributed by atoms with van der Waals surface area (Å²) >= 11 is 1.45. The van der Waals surface area contributed by atoms with Gasteiger partial charge in [-0.15, -0.1) is 0 Å². The number of carbonyl (C=O) groups is 1. The third kappa shape index (κ3) is 2.34. The summed E-state index contributed by atoms with van der Waals surface area (Å²) in [6, 6.07) is 1.05. The molecule has 0 saturated carbocycles. The lowest BCUT2D eigenvalue weighted by molar-refractivity contribution is -0.141. The van der Waals surface area contributed by atoms with Gasteiger partial charge in [-0.1, -0.05) is 0 Å². The van der Waals surface area contributed by atoms with Crippen LogP contribution in [0.1, 0.15) is 16.1 Å².